The topological polar surface area (TPSA) is 113 Å². The maximum Gasteiger partial charge on any atom is 0.341 e. The second-order valence-corrected chi connectivity index (χ2v) is 8.51. The highest BCUT2D eigenvalue weighted by atomic mass is 79.9. The minimum Gasteiger partial charge on any atom is -0.507 e. The summed E-state index contributed by atoms with van der Waals surface area (Å²) >= 11 is 3.15. The number of ether oxygens (including phenoxy) is 1. The van der Waals surface area contributed by atoms with Gasteiger partial charge in [-0.3, -0.25) is 4.72 Å². The number of nitrogens with one attached hydrogen (secondary N) is 1. The van der Waals surface area contributed by atoms with Crippen molar-refractivity contribution in [2.24, 2.45) is 0 Å². The molecule has 9 heteroatoms. The van der Waals surface area contributed by atoms with Crippen molar-refractivity contribution in [1.29, 1.82) is 0 Å². The van der Waals surface area contributed by atoms with Crippen LogP contribution < -0.4 is 4.72 Å². The monoisotopic (exact) mass is 441 g/mol. The van der Waals surface area contributed by atoms with Crippen LogP contribution in [0, 0.1) is 0 Å². The van der Waals surface area contributed by atoms with Crippen LogP contribution in [0.25, 0.3) is 0 Å². The molecule has 26 heavy (non-hydrogen) atoms. The van der Waals surface area contributed by atoms with Gasteiger partial charge in [0.1, 0.15) is 16.2 Å². The molecule has 2 aromatic carbocycles. The number of methoxy groups -OCH3 is 1. The summed E-state index contributed by atoms with van der Waals surface area (Å²) in [6.45, 7) is 0. The number of sulfonamides is 1. The van der Waals surface area contributed by atoms with Gasteiger partial charge in [-0.2, -0.15) is 0 Å². The number of hydrogen-bond donors (Lipinski definition) is 3. The Kier molecular flexibility index (Phi) is 4.85. The first-order valence-corrected chi connectivity index (χ1v) is 9.97. The van der Waals surface area contributed by atoms with E-state index in [1.165, 1.54) is 37.4 Å². The molecule has 0 aliphatic heterocycles. The molecule has 138 valence electrons. The zero-order valence-electron chi connectivity index (χ0n) is 13.7. The van der Waals surface area contributed by atoms with Crippen molar-refractivity contribution in [2.75, 3.05) is 11.8 Å². The maximum atomic E-state index is 12.7. The Labute approximate surface area is 158 Å². The number of rotatable bonds is 5. The molecule has 0 heterocycles. The number of esters is 1. The fourth-order valence-corrected chi connectivity index (χ4v) is 4.25. The van der Waals surface area contributed by atoms with E-state index in [0.717, 1.165) is 18.4 Å². The SMILES string of the molecule is COC(=O)c1cc(C2CC2)cc(NS(=O)(=O)c2cc(Br)ccc2O)c1O. The summed E-state index contributed by atoms with van der Waals surface area (Å²) in [7, 11) is -3.03. The average Bonchev–Trinajstić information content (AvgIpc) is 3.43. The van der Waals surface area contributed by atoms with E-state index in [1.807, 2.05) is 0 Å². The van der Waals surface area contributed by atoms with Crippen molar-refractivity contribution >= 4 is 37.6 Å². The molecule has 0 spiro atoms. The fraction of sp³-hybridized carbons (Fsp3) is 0.235. The molecular weight excluding hydrogens is 426 g/mol. The molecule has 1 aliphatic rings. The zero-order chi connectivity index (χ0) is 19.1. The van der Waals surface area contributed by atoms with Gasteiger partial charge in [-0.1, -0.05) is 15.9 Å². The average molecular weight is 442 g/mol. The van der Waals surface area contributed by atoms with Gasteiger partial charge >= 0.3 is 5.97 Å². The third-order valence-corrected chi connectivity index (χ3v) is 5.93. The van der Waals surface area contributed by atoms with Crippen LogP contribution in [0.4, 0.5) is 5.69 Å². The van der Waals surface area contributed by atoms with Gasteiger partial charge in [-0.05, 0) is 54.7 Å². The van der Waals surface area contributed by atoms with Gasteiger partial charge < -0.3 is 14.9 Å². The Morgan fingerprint density at radius 1 is 1.23 bits per heavy atom. The van der Waals surface area contributed by atoms with Crippen molar-refractivity contribution in [1.82, 2.24) is 0 Å². The van der Waals surface area contributed by atoms with E-state index in [9.17, 15) is 23.4 Å². The first kappa shape index (κ1) is 18.5. The summed E-state index contributed by atoms with van der Waals surface area (Å²) in [5, 5.41) is 20.2. The van der Waals surface area contributed by atoms with Gasteiger partial charge in [0.25, 0.3) is 10.0 Å². The molecule has 0 bridgehead atoms. The van der Waals surface area contributed by atoms with E-state index in [1.54, 1.807) is 0 Å². The molecule has 1 saturated carbocycles. The van der Waals surface area contributed by atoms with Gasteiger partial charge in [0.05, 0.1) is 12.8 Å². The lowest BCUT2D eigenvalue weighted by molar-refractivity contribution is 0.0597. The highest BCUT2D eigenvalue weighted by molar-refractivity contribution is 9.10. The van der Waals surface area contributed by atoms with Crippen molar-refractivity contribution in [2.45, 2.75) is 23.7 Å². The maximum absolute atomic E-state index is 12.7. The quantitative estimate of drug-likeness (QED) is 0.484. The summed E-state index contributed by atoms with van der Waals surface area (Å²) in [5.41, 5.74) is 0.474. The van der Waals surface area contributed by atoms with E-state index >= 15 is 0 Å². The van der Waals surface area contributed by atoms with E-state index < -0.39 is 27.5 Å². The smallest absolute Gasteiger partial charge is 0.341 e. The number of benzene rings is 2. The van der Waals surface area contributed by atoms with Crippen LogP contribution in [-0.4, -0.2) is 31.7 Å². The Morgan fingerprint density at radius 3 is 2.54 bits per heavy atom. The molecule has 0 atom stereocenters. The third-order valence-electron chi connectivity index (χ3n) is 4.04. The first-order chi connectivity index (χ1) is 12.2. The van der Waals surface area contributed by atoms with E-state index in [2.05, 4.69) is 25.4 Å². The molecule has 7 nitrogen and oxygen atoms in total. The Hall–Kier alpha value is -2.26. The van der Waals surface area contributed by atoms with Gasteiger partial charge in [0, 0.05) is 4.47 Å². The molecular formula is C17H16BrNO6S. The Balaban J connectivity index is 2.07. The second-order valence-electron chi connectivity index (χ2n) is 5.95. The van der Waals surface area contributed by atoms with Gasteiger partial charge in [0.2, 0.25) is 0 Å². The number of anilines is 1. The van der Waals surface area contributed by atoms with Crippen LogP contribution in [0.2, 0.25) is 0 Å². The highest BCUT2D eigenvalue weighted by Gasteiger charge is 2.29. The molecule has 0 radical (unpaired) electrons. The summed E-state index contributed by atoms with van der Waals surface area (Å²) in [6, 6.07) is 6.97. The summed E-state index contributed by atoms with van der Waals surface area (Å²) in [6.07, 6.45) is 1.84. The number of halogens is 1. The molecule has 1 aliphatic carbocycles. The van der Waals surface area contributed by atoms with Crippen LogP contribution in [0.15, 0.2) is 39.7 Å². The molecule has 0 saturated heterocycles. The number of phenolic OH excluding ortho intramolecular Hbond substituents is 2. The summed E-state index contributed by atoms with van der Waals surface area (Å²) in [4.78, 5) is 11.6. The van der Waals surface area contributed by atoms with E-state index in [0.29, 0.717) is 4.47 Å². The predicted molar refractivity (Wildman–Crippen MR) is 98.0 cm³/mol. The number of carbonyl (C=O) groups is 1. The first-order valence-electron chi connectivity index (χ1n) is 7.69. The number of carbonyl (C=O) groups excluding carboxylic acids is 1. The van der Waals surface area contributed by atoms with Gasteiger partial charge in [0.15, 0.2) is 5.75 Å². The zero-order valence-corrected chi connectivity index (χ0v) is 16.1. The van der Waals surface area contributed by atoms with Gasteiger partial charge in [-0.15, -0.1) is 0 Å². The minimum atomic E-state index is -4.20. The van der Waals surface area contributed by atoms with Crippen LogP contribution in [0.3, 0.4) is 0 Å². The number of hydrogen-bond acceptors (Lipinski definition) is 6. The number of phenols is 2. The minimum absolute atomic E-state index is 0.118. The fourth-order valence-electron chi connectivity index (χ4n) is 2.56. The molecule has 3 rings (SSSR count). The second kappa shape index (κ2) is 6.81. The summed E-state index contributed by atoms with van der Waals surface area (Å²) < 4.78 is 32.7. The lowest BCUT2D eigenvalue weighted by Gasteiger charge is -2.14. The lowest BCUT2D eigenvalue weighted by atomic mass is 10.0. The molecule has 1 fully saturated rings. The van der Waals surface area contributed by atoms with Crippen molar-refractivity contribution in [3.05, 3.63) is 45.9 Å². The molecule has 2 aromatic rings. The molecule has 0 unspecified atom stereocenters. The molecule has 3 N–H and O–H groups in total. The normalized spacial score (nSPS) is 14.1. The van der Waals surface area contributed by atoms with Crippen LogP contribution in [0.1, 0.15) is 34.7 Å². The van der Waals surface area contributed by atoms with E-state index in [-0.39, 0.29) is 22.1 Å². The standard InChI is InChI=1S/C17H16BrNO6S/c1-25-17(22)12-6-10(9-2-3-9)7-13(16(12)21)19-26(23,24)15-8-11(18)4-5-14(15)20/h4-9,19-21H,2-3H2,1H3. The number of aromatic hydroxyl groups is 2. The summed E-state index contributed by atoms with van der Waals surface area (Å²) in [5.74, 6) is -1.52. The molecule has 0 amide bonds. The van der Waals surface area contributed by atoms with Crippen molar-refractivity contribution in [3.63, 3.8) is 0 Å². The van der Waals surface area contributed by atoms with Gasteiger partial charge in [-0.25, -0.2) is 13.2 Å². The highest BCUT2D eigenvalue weighted by Crippen LogP contribution is 2.44. The Bertz CT molecular complexity index is 985. The third kappa shape index (κ3) is 3.63. The largest absolute Gasteiger partial charge is 0.507 e. The lowest BCUT2D eigenvalue weighted by Crippen LogP contribution is -2.14. The Morgan fingerprint density at radius 2 is 1.92 bits per heavy atom. The van der Waals surface area contributed by atoms with Crippen LogP contribution >= 0.6 is 15.9 Å². The van der Waals surface area contributed by atoms with Crippen LogP contribution in [0.5, 0.6) is 11.5 Å². The molecule has 0 aromatic heterocycles. The van der Waals surface area contributed by atoms with Crippen molar-refractivity contribution in [3.8, 4) is 11.5 Å². The van der Waals surface area contributed by atoms with Crippen molar-refractivity contribution < 1.29 is 28.2 Å². The predicted octanol–water partition coefficient (Wildman–Crippen LogP) is 3.33. The van der Waals surface area contributed by atoms with E-state index in [4.69, 9.17) is 0 Å². The van der Waals surface area contributed by atoms with Crippen LogP contribution in [-0.2, 0) is 14.8 Å².